The molecule has 0 aliphatic carbocycles. The summed E-state index contributed by atoms with van der Waals surface area (Å²) in [5.41, 5.74) is -2.97. The Morgan fingerprint density at radius 2 is 1.27 bits per heavy atom. The Labute approximate surface area is 137 Å². The summed E-state index contributed by atoms with van der Waals surface area (Å²) in [5, 5.41) is 38.9. The Morgan fingerprint density at radius 1 is 1.00 bits per heavy atom. The second kappa shape index (κ2) is 8.64. The molecule has 0 aromatic carbocycles. The smallest absolute Gasteiger partial charge is 0.550 e. The predicted molar refractivity (Wildman–Crippen MR) is 29.2 cm³/mol. The number of hydrogen-bond donors (Lipinski definition) is 1. The van der Waals surface area contributed by atoms with Crippen LogP contribution >= 0.6 is 0 Å². The van der Waals surface area contributed by atoms with Crippen LogP contribution in [0.5, 0.6) is 0 Å². The Bertz CT molecular complexity index is 238. The maximum absolute atomic E-state index is 10.1. The van der Waals surface area contributed by atoms with E-state index in [1.807, 2.05) is 0 Å². The second-order valence-corrected chi connectivity index (χ2v) is 2.42. The first kappa shape index (κ1) is 20.9. The normalized spacial score (nSPS) is 9.40. The van der Waals surface area contributed by atoms with E-state index in [0.717, 1.165) is 0 Å². The van der Waals surface area contributed by atoms with Gasteiger partial charge in [0.1, 0.15) is 5.60 Å². The van der Waals surface area contributed by atoms with Crippen LogP contribution in [0.1, 0.15) is 12.8 Å². The Morgan fingerprint density at radius 3 is 1.40 bits per heavy atom. The fourth-order valence-electron chi connectivity index (χ4n) is 0.684. The summed E-state index contributed by atoms with van der Waals surface area (Å²) in [5.74, 6) is -5.98. The Balaban J connectivity index is -0.000000720. The van der Waals surface area contributed by atoms with Gasteiger partial charge in [-0.3, -0.25) is 0 Å². The zero-order valence-corrected chi connectivity index (χ0v) is 11.8. The van der Waals surface area contributed by atoms with Gasteiger partial charge in [-0.1, -0.05) is 0 Å². The molecule has 0 aliphatic heterocycles. The number of carboxylic acids is 3. The van der Waals surface area contributed by atoms with Crippen molar-refractivity contribution in [2.24, 2.45) is 0 Å². The maximum atomic E-state index is 10.1. The standard InChI is InChI=1S/C6H8O7.Co.K/c7-3(8)1-6(13,5(11)12)2-4(9)10;;/h13H,1-2H2,(H,7,8)(H,9,10)(H,11,12);;/q;+2;+1/p-3. The summed E-state index contributed by atoms with van der Waals surface area (Å²) >= 11 is 0. The molecule has 0 heterocycles. The van der Waals surface area contributed by atoms with Crippen molar-refractivity contribution in [3.05, 3.63) is 0 Å². The van der Waals surface area contributed by atoms with E-state index in [-0.39, 0.29) is 68.2 Å². The first-order valence-corrected chi connectivity index (χ1v) is 3.11. The van der Waals surface area contributed by atoms with Gasteiger partial charge in [0.05, 0.1) is 5.97 Å². The SMILES string of the molecule is O=C([O-])CC(O)(CC(=O)[O-])C(=O)[O-].[Co+2].[K+]. The van der Waals surface area contributed by atoms with Crippen molar-refractivity contribution in [1.29, 1.82) is 0 Å². The molecule has 0 spiro atoms. The van der Waals surface area contributed by atoms with Gasteiger partial charge >= 0.3 is 68.2 Å². The third-order valence-electron chi connectivity index (χ3n) is 1.25. The Kier molecular flexibility index (Phi) is 12.0. The molecule has 0 saturated carbocycles. The van der Waals surface area contributed by atoms with E-state index in [0.29, 0.717) is 0 Å². The van der Waals surface area contributed by atoms with Gasteiger partial charge in [-0.2, -0.15) is 0 Å². The first-order valence-electron chi connectivity index (χ1n) is 3.11. The fourth-order valence-corrected chi connectivity index (χ4v) is 0.684. The minimum atomic E-state index is -2.97. The van der Waals surface area contributed by atoms with Crippen molar-refractivity contribution < 1.29 is 103 Å². The first-order chi connectivity index (χ1) is 5.78. The Hall–Kier alpha value is 0.513. The van der Waals surface area contributed by atoms with Gasteiger partial charge in [0.2, 0.25) is 0 Å². The zero-order valence-electron chi connectivity index (χ0n) is 7.64. The molecule has 0 aromatic rings. The van der Waals surface area contributed by atoms with E-state index >= 15 is 0 Å². The van der Waals surface area contributed by atoms with Crippen LogP contribution in [0.2, 0.25) is 0 Å². The molecule has 15 heavy (non-hydrogen) atoms. The molecule has 0 fully saturated rings. The number of aliphatic hydroxyl groups is 1. The number of rotatable bonds is 5. The molecule has 9 heteroatoms. The van der Waals surface area contributed by atoms with Crippen molar-refractivity contribution >= 4 is 17.9 Å². The topological polar surface area (TPSA) is 141 Å². The summed E-state index contributed by atoms with van der Waals surface area (Å²) in [6.45, 7) is 0. The summed E-state index contributed by atoms with van der Waals surface area (Å²) in [6.07, 6.45) is -2.72. The molecule has 0 aliphatic rings. The molecule has 0 unspecified atom stereocenters. The second-order valence-electron chi connectivity index (χ2n) is 2.42. The molecule has 0 aromatic heterocycles. The van der Waals surface area contributed by atoms with Crippen molar-refractivity contribution in [3.8, 4) is 0 Å². The molecular formula is C6H5CoKO7. The summed E-state index contributed by atoms with van der Waals surface area (Å²) in [7, 11) is 0. The van der Waals surface area contributed by atoms with E-state index in [1.165, 1.54) is 0 Å². The monoisotopic (exact) mass is 287 g/mol. The van der Waals surface area contributed by atoms with Crippen LogP contribution in [0.25, 0.3) is 0 Å². The zero-order chi connectivity index (χ0) is 10.6. The largest absolute Gasteiger partial charge is 2.00 e. The summed E-state index contributed by atoms with van der Waals surface area (Å²) in [4.78, 5) is 30.0. The van der Waals surface area contributed by atoms with E-state index in [9.17, 15) is 29.7 Å². The average molecular weight is 287 g/mol. The number of hydrogen-bond acceptors (Lipinski definition) is 7. The number of carboxylic acid groups (broad SMARTS) is 3. The summed E-state index contributed by atoms with van der Waals surface area (Å²) in [6, 6.07) is 0. The molecule has 81 valence electrons. The van der Waals surface area contributed by atoms with Gasteiger partial charge in [0.25, 0.3) is 0 Å². The van der Waals surface area contributed by atoms with Gasteiger partial charge in [0.15, 0.2) is 0 Å². The predicted octanol–water partition coefficient (Wildman–Crippen LogP) is -8.25. The van der Waals surface area contributed by atoms with E-state index in [1.54, 1.807) is 0 Å². The van der Waals surface area contributed by atoms with Crippen LogP contribution < -0.4 is 66.7 Å². The van der Waals surface area contributed by atoms with E-state index in [2.05, 4.69) is 0 Å². The minimum Gasteiger partial charge on any atom is -0.550 e. The van der Waals surface area contributed by atoms with Crippen LogP contribution in [-0.2, 0) is 31.2 Å². The third kappa shape index (κ3) is 8.33. The van der Waals surface area contributed by atoms with Gasteiger partial charge in [-0.15, -0.1) is 0 Å². The van der Waals surface area contributed by atoms with Gasteiger partial charge in [-0.05, 0) is 0 Å². The van der Waals surface area contributed by atoms with Gasteiger partial charge < -0.3 is 34.8 Å². The van der Waals surface area contributed by atoms with Crippen LogP contribution in [-0.4, -0.2) is 28.6 Å². The van der Waals surface area contributed by atoms with Crippen LogP contribution in [0.3, 0.4) is 0 Å². The minimum absolute atomic E-state index is 0. The molecule has 0 bridgehead atoms. The molecular weight excluding hydrogens is 282 g/mol. The average Bonchev–Trinajstić information content (AvgIpc) is 1.82. The van der Waals surface area contributed by atoms with Gasteiger partial charge in [-0.25, -0.2) is 0 Å². The molecule has 7 nitrogen and oxygen atoms in total. The van der Waals surface area contributed by atoms with Crippen molar-refractivity contribution in [1.82, 2.24) is 0 Å². The fraction of sp³-hybridized carbons (Fsp3) is 0.500. The number of carbonyl (C=O) groups excluding carboxylic acids is 3. The molecule has 0 amide bonds. The molecule has 0 rings (SSSR count). The molecule has 1 radical (unpaired) electrons. The van der Waals surface area contributed by atoms with Crippen molar-refractivity contribution in [2.45, 2.75) is 18.4 Å². The molecule has 0 atom stereocenters. The summed E-state index contributed by atoms with van der Waals surface area (Å²) < 4.78 is 0. The van der Waals surface area contributed by atoms with E-state index in [4.69, 9.17) is 5.11 Å². The van der Waals surface area contributed by atoms with Crippen molar-refractivity contribution in [3.63, 3.8) is 0 Å². The quantitative estimate of drug-likeness (QED) is 0.495. The van der Waals surface area contributed by atoms with Gasteiger partial charge in [0, 0.05) is 24.8 Å². The van der Waals surface area contributed by atoms with Crippen LogP contribution in [0.4, 0.5) is 0 Å². The van der Waals surface area contributed by atoms with Crippen LogP contribution in [0, 0.1) is 0 Å². The van der Waals surface area contributed by atoms with Crippen molar-refractivity contribution in [2.75, 3.05) is 0 Å². The number of aliphatic carboxylic acids is 3. The third-order valence-corrected chi connectivity index (χ3v) is 1.25. The molecule has 1 N–H and O–H groups in total. The molecule has 0 saturated heterocycles. The van der Waals surface area contributed by atoms with E-state index < -0.39 is 36.4 Å². The van der Waals surface area contributed by atoms with Crippen LogP contribution in [0.15, 0.2) is 0 Å². The maximum Gasteiger partial charge on any atom is 2.00 e. The number of carbonyl (C=O) groups is 3.